The van der Waals surface area contributed by atoms with Crippen LogP contribution in [0.25, 0.3) is 21.7 Å². The second-order valence-electron chi connectivity index (χ2n) is 5.97. The molecule has 0 fully saturated rings. The number of nitrogens with two attached hydrogens (primary N) is 1. The fourth-order valence-corrected chi connectivity index (χ4v) is 3.08. The van der Waals surface area contributed by atoms with E-state index in [0.29, 0.717) is 11.8 Å². The van der Waals surface area contributed by atoms with Crippen molar-refractivity contribution in [2.75, 3.05) is 5.73 Å². The second-order valence-corrected chi connectivity index (χ2v) is 5.97. The first-order chi connectivity index (χ1) is 12.6. The smallest absolute Gasteiger partial charge is 0.221 e. The highest BCUT2D eigenvalue weighted by Gasteiger charge is 2.17. The molecule has 0 aliphatic heterocycles. The number of nitrogens with zero attached hydrogens (tertiary/aromatic N) is 3. The normalized spacial score (nSPS) is 11.1. The molecule has 0 saturated carbocycles. The predicted octanol–water partition coefficient (Wildman–Crippen LogP) is 3.71. The van der Waals surface area contributed by atoms with Crippen molar-refractivity contribution in [3.8, 4) is 0 Å². The largest absolute Gasteiger partial charge is 0.368 e. The van der Waals surface area contributed by atoms with Crippen molar-refractivity contribution in [2.45, 2.75) is 12.8 Å². The minimum atomic E-state index is -0.527. The molecule has 0 spiro atoms. The van der Waals surface area contributed by atoms with Crippen LogP contribution in [0.3, 0.4) is 0 Å². The van der Waals surface area contributed by atoms with Crippen LogP contribution in [0.1, 0.15) is 22.6 Å². The molecule has 0 unspecified atom stereocenters. The van der Waals surface area contributed by atoms with Gasteiger partial charge in [0, 0.05) is 29.1 Å². The van der Waals surface area contributed by atoms with E-state index in [-0.39, 0.29) is 29.4 Å². The van der Waals surface area contributed by atoms with Gasteiger partial charge in [-0.2, -0.15) is 0 Å². The van der Waals surface area contributed by atoms with Crippen LogP contribution in [0.4, 0.5) is 10.3 Å². The SMILES string of the molecule is Nc1nc(C(=O)CCc2nccc3ccccc23)c2cccc(F)c2n1. The number of pyridine rings is 1. The fraction of sp³-hybridized carbons (Fsp3) is 0.100. The van der Waals surface area contributed by atoms with Crippen LogP contribution in [0.5, 0.6) is 0 Å². The van der Waals surface area contributed by atoms with Gasteiger partial charge in [-0.05, 0) is 23.9 Å². The van der Waals surface area contributed by atoms with Crippen LogP contribution in [0, 0.1) is 5.82 Å². The minimum Gasteiger partial charge on any atom is -0.368 e. The number of hydrogen-bond acceptors (Lipinski definition) is 5. The highest BCUT2D eigenvalue weighted by atomic mass is 19.1. The quantitative estimate of drug-likeness (QED) is 0.570. The third-order valence-electron chi connectivity index (χ3n) is 4.30. The van der Waals surface area contributed by atoms with E-state index in [1.807, 2.05) is 30.3 Å². The lowest BCUT2D eigenvalue weighted by atomic mass is 10.0. The number of hydrogen-bond donors (Lipinski definition) is 1. The molecule has 0 bridgehead atoms. The van der Waals surface area contributed by atoms with Crippen LogP contribution in [0.15, 0.2) is 54.7 Å². The molecule has 2 aromatic heterocycles. The van der Waals surface area contributed by atoms with E-state index in [4.69, 9.17) is 5.73 Å². The molecule has 0 saturated heterocycles. The zero-order chi connectivity index (χ0) is 18.1. The number of ketones is 1. The van der Waals surface area contributed by atoms with Crippen LogP contribution in [-0.2, 0) is 6.42 Å². The van der Waals surface area contributed by atoms with Crippen molar-refractivity contribution in [3.63, 3.8) is 0 Å². The summed E-state index contributed by atoms with van der Waals surface area (Å²) in [7, 11) is 0. The molecule has 0 amide bonds. The van der Waals surface area contributed by atoms with E-state index in [1.165, 1.54) is 12.1 Å². The highest BCUT2D eigenvalue weighted by Crippen LogP contribution is 2.22. The predicted molar refractivity (Wildman–Crippen MR) is 98.3 cm³/mol. The Morgan fingerprint density at radius 3 is 2.69 bits per heavy atom. The van der Waals surface area contributed by atoms with Gasteiger partial charge in [-0.15, -0.1) is 0 Å². The molecule has 0 atom stereocenters. The monoisotopic (exact) mass is 346 g/mol. The number of nitrogen functional groups attached to an aromatic ring is 1. The summed E-state index contributed by atoms with van der Waals surface area (Å²) in [5, 5.41) is 2.46. The molecule has 5 nitrogen and oxygen atoms in total. The lowest BCUT2D eigenvalue weighted by Crippen LogP contribution is -2.09. The van der Waals surface area contributed by atoms with Gasteiger partial charge in [0.15, 0.2) is 5.78 Å². The van der Waals surface area contributed by atoms with E-state index >= 15 is 0 Å². The van der Waals surface area contributed by atoms with Gasteiger partial charge in [-0.25, -0.2) is 14.4 Å². The zero-order valence-electron chi connectivity index (χ0n) is 13.8. The lowest BCUT2D eigenvalue weighted by molar-refractivity contribution is 0.0979. The summed E-state index contributed by atoms with van der Waals surface area (Å²) in [6.45, 7) is 0. The molecule has 0 radical (unpaired) electrons. The summed E-state index contributed by atoms with van der Waals surface area (Å²) in [4.78, 5) is 25.1. The minimum absolute atomic E-state index is 0.0617. The van der Waals surface area contributed by atoms with Gasteiger partial charge in [0.25, 0.3) is 0 Å². The lowest BCUT2D eigenvalue weighted by Gasteiger charge is -2.08. The third kappa shape index (κ3) is 2.86. The first-order valence-corrected chi connectivity index (χ1v) is 8.21. The second kappa shape index (κ2) is 6.48. The molecule has 2 heterocycles. The summed E-state index contributed by atoms with van der Waals surface area (Å²) in [5.41, 5.74) is 6.71. The van der Waals surface area contributed by atoms with Gasteiger partial charge in [0.2, 0.25) is 5.95 Å². The molecule has 6 heteroatoms. The van der Waals surface area contributed by atoms with Crippen molar-refractivity contribution >= 4 is 33.4 Å². The summed E-state index contributed by atoms with van der Waals surface area (Å²) in [5.74, 6) is -0.861. The maximum absolute atomic E-state index is 14.0. The molecule has 0 aliphatic carbocycles. The van der Waals surface area contributed by atoms with Crippen molar-refractivity contribution < 1.29 is 9.18 Å². The molecular formula is C20H15FN4O. The molecule has 26 heavy (non-hydrogen) atoms. The Labute approximate surface area is 148 Å². The van der Waals surface area contributed by atoms with Gasteiger partial charge in [-0.1, -0.05) is 36.4 Å². The standard InChI is InChI=1S/C20H15FN4O/c21-15-7-3-6-14-18(15)24-20(22)25-19(14)17(26)9-8-16-13-5-2-1-4-12(13)10-11-23-16/h1-7,10-11H,8-9H2,(H2,22,24,25). The van der Waals surface area contributed by atoms with Gasteiger partial charge in [-0.3, -0.25) is 9.78 Å². The van der Waals surface area contributed by atoms with Crippen molar-refractivity contribution in [3.05, 3.63) is 71.9 Å². The summed E-state index contributed by atoms with van der Waals surface area (Å²) < 4.78 is 14.0. The number of halogens is 1. The van der Waals surface area contributed by atoms with Crippen molar-refractivity contribution in [1.29, 1.82) is 0 Å². The Kier molecular flexibility index (Phi) is 4.01. The molecule has 4 rings (SSSR count). The Morgan fingerprint density at radius 1 is 1.00 bits per heavy atom. The number of benzene rings is 2. The molecule has 0 aliphatic rings. The summed E-state index contributed by atoms with van der Waals surface area (Å²) in [6, 6.07) is 14.3. The Balaban J connectivity index is 1.67. The van der Waals surface area contributed by atoms with E-state index in [1.54, 1.807) is 12.3 Å². The van der Waals surface area contributed by atoms with Gasteiger partial charge in [0.1, 0.15) is 17.0 Å². The number of anilines is 1. The Morgan fingerprint density at radius 2 is 1.81 bits per heavy atom. The summed E-state index contributed by atoms with van der Waals surface area (Å²) >= 11 is 0. The molecule has 2 N–H and O–H groups in total. The molecule has 2 aromatic carbocycles. The third-order valence-corrected chi connectivity index (χ3v) is 4.30. The topological polar surface area (TPSA) is 81.8 Å². The Hall–Kier alpha value is -3.41. The van der Waals surface area contributed by atoms with Gasteiger partial charge < -0.3 is 5.73 Å². The number of para-hydroxylation sites is 1. The van der Waals surface area contributed by atoms with E-state index in [2.05, 4.69) is 15.0 Å². The van der Waals surface area contributed by atoms with E-state index in [0.717, 1.165) is 16.5 Å². The van der Waals surface area contributed by atoms with Crippen LogP contribution >= 0.6 is 0 Å². The molecule has 128 valence electrons. The van der Waals surface area contributed by atoms with Crippen molar-refractivity contribution in [1.82, 2.24) is 15.0 Å². The maximum atomic E-state index is 14.0. The number of carbonyl (C=O) groups excluding carboxylic acids is 1. The average Bonchev–Trinajstić information content (AvgIpc) is 2.66. The van der Waals surface area contributed by atoms with Crippen LogP contribution < -0.4 is 5.73 Å². The zero-order valence-corrected chi connectivity index (χ0v) is 13.8. The van der Waals surface area contributed by atoms with Crippen LogP contribution in [0.2, 0.25) is 0 Å². The average molecular weight is 346 g/mol. The maximum Gasteiger partial charge on any atom is 0.221 e. The number of carbonyl (C=O) groups is 1. The number of Topliss-reactive ketones (excluding diaryl/α,β-unsaturated/α-hetero) is 1. The summed E-state index contributed by atoms with van der Waals surface area (Å²) in [6.07, 6.45) is 2.39. The molecule has 4 aromatic rings. The van der Waals surface area contributed by atoms with E-state index < -0.39 is 5.82 Å². The highest BCUT2D eigenvalue weighted by molar-refractivity contribution is 6.06. The first-order valence-electron chi connectivity index (χ1n) is 8.21. The van der Waals surface area contributed by atoms with Gasteiger partial charge >= 0.3 is 0 Å². The molecular weight excluding hydrogens is 331 g/mol. The Bertz CT molecular complexity index is 1140. The number of aryl methyl sites for hydroxylation is 1. The number of aromatic nitrogens is 3. The number of fused-ring (bicyclic) bond motifs is 2. The van der Waals surface area contributed by atoms with Crippen molar-refractivity contribution in [2.24, 2.45) is 0 Å². The first kappa shape index (κ1) is 16.1. The fourth-order valence-electron chi connectivity index (χ4n) is 3.08. The van der Waals surface area contributed by atoms with E-state index in [9.17, 15) is 9.18 Å². The number of rotatable bonds is 4. The van der Waals surface area contributed by atoms with Crippen LogP contribution in [-0.4, -0.2) is 20.7 Å². The van der Waals surface area contributed by atoms with Gasteiger partial charge in [0.05, 0.1) is 0 Å².